The van der Waals surface area contributed by atoms with Crippen LogP contribution in [-0.2, 0) is 0 Å². The van der Waals surface area contributed by atoms with Crippen molar-refractivity contribution in [3.63, 3.8) is 0 Å². The topological polar surface area (TPSA) is 77.7 Å². The molecule has 0 aliphatic carbocycles. The van der Waals surface area contributed by atoms with Gasteiger partial charge in [0.15, 0.2) is 0 Å². The van der Waals surface area contributed by atoms with Gasteiger partial charge in [-0.3, -0.25) is 14.7 Å². The van der Waals surface area contributed by atoms with E-state index in [4.69, 9.17) is 5.73 Å². The van der Waals surface area contributed by atoms with Crippen molar-refractivity contribution in [2.45, 2.75) is 63.8 Å². The van der Waals surface area contributed by atoms with Crippen LogP contribution in [0, 0.1) is 0 Å². The van der Waals surface area contributed by atoms with Crippen LogP contribution in [0.4, 0.5) is 0 Å². The fourth-order valence-corrected chi connectivity index (χ4v) is 4.31. The van der Waals surface area contributed by atoms with Crippen LogP contribution < -0.4 is 11.1 Å². The molecule has 1 aliphatic rings. The van der Waals surface area contributed by atoms with Crippen molar-refractivity contribution < 1.29 is 4.79 Å². The summed E-state index contributed by atoms with van der Waals surface area (Å²) in [5.74, 6) is -0.0965. The van der Waals surface area contributed by atoms with Crippen molar-refractivity contribution in [1.82, 2.24) is 25.0 Å². The molecule has 188 valence electrons. The molecule has 33 heavy (non-hydrogen) atoms. The summed E-state index contributed by atoms with van der Waals surface area (Å²) in [5.41, 5.74) is 6.74. The summed E-state index contributed by atoms with van der Waals surface area (Å²) in [5, 5.41) is 2.90. The van der Waals surface area contributed by atoms with Crippen LogP contribution in [0.1, 0.15) is 68.1 Å². The number of amides is 1. The van der Waals surface area contributed by atoms with E-state index in [0.29, 0.717) is 12.1 Å². The second-order valence-corrected chi connectivity index (χ2v) is 9.82. The highest BCUT2D eigenvalue weighted by molar-refractivity contribution is 5.93. The Kier molecular flexibility index (Phi) is 14.3. The standard InChI is InChI=1S/C26H48N6O/c1-30(2)16-17-32-20-18-31(19-21-32)15-10-8-6-4-3-5-7-9-13-25(27)23-29-26(33)24-12-11-14-28-22-24/h11-12,14,22,25H,3-10,13,15-21,23,27H2,1-2H3,(H,29,33). The molecule has 1 amide bonds. The molecule has 1 aromatic heterocycles. The molecule has 7 heteroatoms. The normalized spacial score (nSPS) is 16.2. The second-order valence-electron chi connectivity index (χ2n) is 9.82. The van der Waals surface area contributed by atoms with E-state index in [9.17, 15) is 4.79 Å². The van der Waals surface area contributed by atoms with Gasteiger partial charge in [0.2, 0.25) is 0 Å². The summed E-state index contributed by atoms with van der Waals surface area (Å²) in [7, 11) is 4.31. The van der Waals surface area contributed by atoms with Crippen molar-refractivity contribution in [3.8, 4) is 0 Å². The SMILES string of the molecule is CN(C)CCN1CCN(CCCCCCCCCCC(N)CNC(=O)c2cccnc2)CC1. The minimum absolute atomic E-state index is 0.0282. The highest BCUT2D eigenvalue weighted by atomic mass is 16.1. The number of carbonyl (C=O) groups is 1. The first-order valence-corrected chi connectivity index (χ1v) is 13.1. The number of nitrogens with zero attached hydrogens (tertiary/aromatic N) is 4. The van der Waals surface area contributed by atoms with Crippen LogP contribution in [0.5, 0.6) is 0 Å². The third kappa shape index (κ3) is 13.1. The lowest BCUT2D eigenvalue weighted by atomic mass is 10.0. The predicted octanol–water partition coefficient (Wildman–Crippen LogP) is 2.83. The zero-order valence-corrected chi connectivity index (χ0v) is 21.2. The summed E-state index contributed by atoms with van der Waals surface area (Å²) >= 11 is 0. The predicted molar refractivity (Wildman–Crippen MR) is 138 cm³/mol. The smallest absolute Gasteiger partial charge is 0.252 e. The summed E-state index contributed by atoms with van der Waals surface area (Å²) in [6.07, 6.45) is 14.6. The van der Waals surface area contributed by atoms with Gasteiger partial charge in [0.25, 0.3) is 5.91 Å². The number of carbonyl (C=O) groups excluding carboxylic acids is 1. The van der Waals surface area contributed by atoms with E-state index in [2.05, 4.69) is 39.1 Å². The molecule has 3 N–H and O–H groups in total. The van der Waals surface area contributed by atoms with E-state index >= 15 is 0 Å². The van der Waals surface area contributed by atoms with Gasteiger partial charge in [0.1, 0.15) is 0 Å². The van der Waals surface area contributed by atoms with E-state index in [1.54, 1.807) is 24.5 Å². The van der Waals surface area contributed by atoms with Gasteiger partial charge in [-0.2, -0.15) is 0 Å². The molecule has 7 nitrogen and oxygen atoms in total. The number of rotatable bonds is 17. The van der Waals surface area contributed by atoms with Gasteiger partial charge in [0, 0.05) is 64.2 Å². The summed E-state index contributed by atoms with van der Waals surface area (Å²) in [6, 6.07) is 3.56. The molecular formula is C26H48N6O. The molecule has 1 unspecified atom stereocenters. The number of piperazine rings is 1. The van der Waals surface area contributed by atoms with Gasteiger partial charge in [-0.15, -0.1) is 0 Å². The first kappa shape index (κ1) is 27.7. The number of pyridine rings is 1. The molecule has 1 saturated heterocycles. The Hall–Kier alpha value is -1.54. The average Bonchev–Trinajstić information content (AvgIpc) is 2.83. The molecule has 1 fully saturated rings. The second kappa shape index (κ2) is 17.0. The Morgan fingerprint density at radius 3 is 2.21 bits per heavy atom. The molecule has 0 radical (unpaired) electrons. The molecule has 0 bridgehead atoms. The van der Waals surface area contributed by atoms with Gasteiger partial charge in [-0.05, 0) is 45.6 Å². The van der Waals surface area contributed by atoms with Crippen LogP contribution in [0.15, 0.2) is 24.5 Å². The Balaban J connectivity index is 1.34. The van der Waals surface area contributed by atoms with E-state index in [1.165, 1.54) is 84.2 Å². The molecule has 0 spiro atoms. The maximum atomic E-state index is 12.0. The van der Waals surface area contributed by atoms with Crippen molar-refractivity contribution in [2.75, 3.05) is 66.5 Å². The zero-order chi connectivity index (χ0) is 23.7. The fraction of sp³-hybridized carbons (Fsp3) is 0.769. The van der Waals surface area contributed by atoms with Crippen LogP contribution in [0.25, 0.3) is 0 Å². The molecule has 0 saturated carbocycles. The largest absolute Gasteiger partial charge is 0.350 e. The number of unbranched alkanes of at least 4 members (excludes halogenated alkanes) is 7. The third-order valence-corrected chi connectivity index (χ3v) is 6.58. The minimum atomic E-state index is -0.0965. The lowest BCUT2D eigenvalue weighted by molar-refractivity contribution is 0.0950. The number of hydrogen-bond donors (Lipinski definition) is 2. The van der Waals surface area contributed by atoms with E-state index in [-0.39, 0.29) is 11.9 Å². The van der Waals surface area contributed by atoms with Gasteiger partial charge < -0.3 is 20.9 Å². The summed E-state index contributed by atoms with van der Waals surface area (Å²) < 4.78 is 0. The Morgan fingerprint density at radius 1 is 1.00 bits per heavy atom. The maximum Gasteiger partial charge on any atom is 0.252 e. The maximum absolute atomic E-state index is 12.0. The fourth-order valence-electron chi connectivity index (χ4n) is 4.31. The lowest BCUT2D eigenvalue weighted by Crippen LogP contribution is -2.48. The number of nitrogens with two attached hydrogens (primary N) is 1. The monoisotopic (exact) mass is 460 g/mol. The lowest BCUT2D eigenvalue weighted by Gasteiger charge is -2.35. The molecule has 1 aliphatic heterocycles. The number of aromatic nitrogens is 1. The third-order valence-electron chi connectivity index (χ3n) is 6.58. The molecule has 2 rings (SSSR count). The van der Waals surface area contributed by atoms with Gasteiger partial charge in [-0.25, -0.2) is 0 Å². The van der Waals surface area contributed by atoms with Crippen molar-refractivity contribution >= 4 is 5.91 Å². The molecular weight excluding hydrogens is 412 g/mol. The highest BCUT2D eigenvalue weighted by Gasteiger charge is 2.16. The van der Waals surface area contributed by atoms with Crippen molar-refractivity contribution in [2.24, 2.45) is 5.73 Å². The number of hydrogen-bond acceptors (Lipinski definition) is 6. The molecule has 0 aromatic carbocycles. The zero-order valence-electron chi connectivity index (χ0n) is 21.2. The molecule has 1 atom stereocenters. The van der Waals surface area contributed by atoms with Gasteiger partial charge >= 0.3 is 0 Å². The minimum Gasteiger partial charge on any atom is -0.350 e. The van der Waals surface area contributed by atoms with Crippen LogP contribution in [0.2, 0.25) is 0 Å². The van der Waals surface area contributed by atoms with Crippen LogP contribution in [0.3, 0.4) is 0 Å². The first-order chi connectivity index (χ1) is 16.0. The Bertz CT molecular complexity index is 618. The quantitative estimate of drug-likeness (QED) is 0.348. The molecule has 1 aromatic rings. The van der Waals surface area contributed by atoms with E-state index in [0.717, 1.165) is 19.4 Å². The van der Waals surface area contributed by atoms with E-state index < -0.39 is 0 Å². The van der Waals surface area contributed by atoms with Crippen molar-refractivity contribution in [1.29, 1.82) is 0 Å². The summed E-state index contributed by atoms with van der Waals surface area (Å²) in [4.78, 5) is 23.5. The first-order valence-electron chi connectivity index (χ1n) is 13.1. The van der Waals surface area contributed by atoms with Crippen LogP contribution in [-0.4, -0.2) is 98.1 Å². The summed E-state index contributed by atoms with van der Waals surface area (Å²) in [6.45, 7) is 9.11. The number of likely N-dealkylation sites (N-methyl/N-ethyl adjacent to an activating group) is 1. The molecule has 2 heterocycles. The van der Waals surface area contributed by atoms with Gasteiger partial charge in [-0.1, -0.05) is 44.9 Å². The highest BCUT2D eigenvalue weighted by Crippen LogP contribution is 2.11. The van der Waals surface area contributed by atoms with Crippen LogP contribution >= 0.6 is 0 Å². The average molecular weight is 461 g/mol. The Labute approximate surface area is 202 Å². The van der Waals surface area contributed by atoms with Gasteiger partial charge in [0.05, 0.1) is 5.56 Å². The Morgan fingerprint density at radius 2 is 1.61 bits per heavy atom. The number of nitrogens with one attached hydrogen (secondary N) is 1. The van der Waals surface area contributed by atoms with Crippen molar-refractivity contribution in [3.05, 3.63) is 30.1 Å². The van der Waals surface area contributed by atoms with E-state index in [1.807, 2.05) is 0 Å².